The Hall–Kier alpha value is 0.0849. The molecule has 56 valence electrons. The Morgan fingerprint density at radius 2 is 2.50 bits per heavy atom. The lowest BCUT2D eigenvalue weighted by molar-refractivity contribution is -0.119. The molecule has 10 heavy (non-hydrogen) atoms. The Morgan fingerprint density at radius 1 is 1.90 bits per heavy atom. The first kappa shape index (κ1) is 8.18. The summed E-state index contributed by atoms with van der Waals surface area (Å²) in [6.07, 6.45) is 1.37. The molecule has 0 aliphatic carbocycles. The molecule has 0 spiro atoms. The van der Waals surface area contributed by atoms with E-state index in [1.165, 1.54) is 13.6 Å². The fourth-order valence-electron chi connectivity index (χ4n) is 0.632. The maximum atomic E-state index is 10.8. The first-order valence-corrected chi connectivity index (χ1v) is 4.87. The average Bonchev–Trinajstić information content (AvgIpc) is 2.64. The molecule has 0 amide bonds. The third-order valence-electron chi connectivity index (χ3n) is 1.80. The van der Waals surface area contributed by atoms with Crippen molar-refractivity contribution in [2.75, 3.05) is 5.75 Å². The van der Waals surface area contributed by atoms with Gasteiger partial charge in [0.1, 0.15) is 13.1 Å². The minimum Gasteiger partial charge on any atom is -0.300 e. The first-order valence-electron chi connectivity index (χ1n) is 3.82. The van der Waals surface area contributed by atoms with Gasteiger partial charge in [-0.25, -0.2) is 0 Å². The lowest BCUT2D eigenvalue weighted by atomic mass is 10.1. The average molecular weight is 156 g/mol. The van der Waals surface area contributed by atoms with Crippen molar-refractivity contribution >= 4 is 24.8 Å². The highest BCUT2D eigenvalue weighted by molar-refractivity contribution is 8.02. The van der Waals surface area contributed by atoms with Crippen molar-refractivity contribution in [1.29, 1.82) is 0 Å². The Balaban J connectivity index is 2.05. The molecule has 0 aromatic rings. The Labute approximate surface area is 67.2 Å². The van der Waals surface area contributed by atoms with Gasteiger partial charge >= 0.3 is 0 Å². The van der Waals surface area contributed by atoms with Gasteiger partial charge in [0, 0.05) is 11.7 Å². The second-order valence-electron chi connectivity index (χ2n) is 3.04. The van der Waals surface area contributed by atoms with Crippen molar-refractivity contribution in [2.24, 2.45) is 5.92 Å². The highest BCUT2D eigenvalue weighted by atomic mass is 32.2. The van der Waals surface area contributed by atoms with E-state index in [1.54, 1.807) is 6.92 Å². The summed E-state index contributed by atoms with van der Waals surface area (Å²) in [7, 11) is 1.37. The summed E-state index contributed by atoms with van der Waals surface area (Å²) in [5.41, 5.74) is 0. The molecule has 0 saturated carbocycles. The molecule has 1 rings (SSSR count). The molecule has 3 heteroatoms. The van der Waals surface area contributed by atoms with Crippen LogP contribution in [0.2, 0.25) is 6.32 Å². The molecule has 0 aromatic heterocycles. The lowest BCUT2D eigenvalue weighted by Gasteiger charge is -2.04. The predicted octanol–water partition coefficient (Wildman–Crippen LogP) is 1.14. The molecule has 0 radical (unpaired) electrons. The number of hydrogen-bond acceptors (Lipinski definition) is 2. The molecule has 0 N–H and O–H groups in total. The van der Waals surface area contributed by atoms with Crippen LogP contribution in [-0.4, -0.2) is 24.0 Å². The molecule has 1 nitrogen and oxygen atoms in total. The summed E-state index contributed by atoms with van der Waals surface area (Å²) >= 11 is 1.96. The van der Waals surface area contributed by atoms with Crippen LogP contribution in [-0.2, 0) is 4.79 Å². The Bertz CT molecular complexity index is 134. The van der Waals surface area contributed by atoms with Crippen LogP contribution in [0.3, 0.4) is 0 Å². The van der Waals surface area contributed by atoms with Gasteiger partial charge in [0.25, 0.3) is 0 Å². The van der Waals surface area contributed by atoms with Crippen LogP contribution in [0.25, 0.3) is 0 Å². The van der Waals surface area contributed by atoms with Crippen molar-refractivity contribution < 1.29 is 4.79 Å². The van der Waals surface area contributed by atoms with E-state index in [2.05, 4.69) is 0 Å². The van der Waals surface area contributed by atoms with E-state index in [9.17, 15) is 4.79 Å². The summed E-state index contributed by atoms with van der Waals surface area (Å²) < 4.78 is 0. The highest BCUT2D eigenvalue weighted by Gasteiger charge is 2.24. The molecular weight excluding hydrogens is 143 g/mol. The topological polar surface area (TPSA) is 17.1 Å². The maximum absolute atomic E-state index is 10.8. The monoisotopic (exact) mass is 156 g/mol. The zero-order valence-electron chi connectivity index (χ0n) is 6.59. The summed E-state index contributed by atoms with van der Waals surface area (Å²) in [4.78, 5) is 10.8. The molecule has 2 atom stereocenters. The number of carbonyl (C=O) groups is 1. The smallest absolute Gasteiger partial charge is 0.136 e. The summed E-state index contributed by atoms with van der Waals surface area (Å²) in [6, 6.07) is 0. The van der Waals surface area contributed by atoms with Crippen LogP contribution in [0.15, 0.2) is 0 Å². The summed E-state index contributed by atoms with van der Waals surface area (Å²) in [5.74, 6) is 1.62. The van der Waals surface area contributed by atoms with E-state index in [-0.39, 0.29) is 5.92 Å². The number of hydrogen-bond donors (Lipinski definition) is 0. The number of carbonyl (C=O) groups excluding carboxylic acids is 1. The zero-order valence-corrected chi connectivity index (χ0v) is 7.41. The Kier molecular flexibility index (Phi) is 2.84. The molecule has 1 aliphatic rings. The van der Waals surface area contributed by atoms with Gasteiger partial charge in [-0.05, 0) is 12.1 Å². The van der Waals surface area contributed by atoms with Gasteiger partial charge in [-0.2, -0.15) is 11.8 Å². The number of thioether (sulfide) groups is 1. The third-order valence-corrected chi connectivity index (χ3v) is 3.44. The minimum absolute atomic E-state index is 0.269. The van der Waals surface area contributed by atoms with Crippen LogP contribution in [0.1, 0.15) is 13.8 Å². The van der Waals surface area contributed by atoms with Crippen LogP contribution in [0, 0.1) is 5.92 Å². The zero-order chi connectivity index (χ0) is 7.56. The second-order valence-corrected chi connectivity index (χ2v) is 4.38. The van der Waals surface area contributed by atoms with E-state index in [1.807, 2.05) is 18.7 Å². The normalized spacial score (nSPS) is 25.2. The van der Waals surface area contributed by atoms with Crippen molar-refractivity contribution in [3.63, 3.8) is 0 Å². The van der Waals surface area contributed by atoms with E-state index in [0.29, 0.717) is 5.78 Å². The van der Waals surface area contributed by atoms with Gasteiger partial charge in [0.05, 0.1) is 0 Å². The van der Waals surface area contributed by atoms with Crippen molar-refractivity contribution in [1.82, 2.24) is 0 Å². The van der Waals surface area contributed by atoms with Gasteiger partial charge in [-0.15, -0.1) is 0 Å². The summed E-state index contributed by atoms with van der Waals surface area (Å²) in [6.45, 7) is 3.69. The maximum Gasteiger partial charge on any atom is 0.136 e. The fraction of sp³-hybridized carbons (Fsp3) is 0.857. The van der Waals surface area contributed by atoms with E-state index >= 15 is 0 Å². The van der Waals surface area contributed by atoms with Crippen LogP contribution in [0.4, 0.5) is 0 Å². The quantitative estimate of drug-likeness (QED) is 0.567. The molecule has 0 aromatic carbocycles. The van der Waals surface area contributed by atoms with E-state index in [0.717, 1.165) is 10.9 Å². The third kappa shape index (κ3) is 2.78. The van der Waals surface area contributed by atoms with Crippen LogP contribution < -0.4 is 0 Å². The lowest BCUT2D eigenvalue weighted by Crippen LogP contribution is -2.09. The minimum atomic E-state index is 0.269. The standard InChI is InChI=1S/C7H13BOS/c1-5(6(2)9)4-10-7-3-8-7/h5,7-8H,3-4H2,1-2H3. The SMILES string of the molecule is CC(=O)C(C)CSC1BC1. The van der Waals surface area contributed by atoms with Gasteiger partial charge in [-0.1, -0.05) is 13.2 Å². The number of ketones is 1. The largest absolute Gasteiger partial charge is 0.300 e. The molecule has 1 aliphatic heterocycles. The van der Waals surface area contributed by atoms with Gasteiger partial charge in [0.15, 0.2) is 0 Å². The van der Waals surface area contributed by atoms with Crippen molar-refractivity contribution in [3.05, 3.63) is 0 Å². The van der Waals surface area contributed by atoms with Gasteiger partial charge < -0.3 is 0 Å². The van der Waals surface area contributed by atoms with E-state index in [4.69, 9.17) is 0 Å². The van der Waals surface area contributed by atoms with E-state index < -0.39 is 0 Å². The predicted molar refractivity (Wildman–Crippen MR) is 48.0 cm³/mol. The summed E-state index contributed by atoms with van der Waals surface area (Å²) in [5, 5.41) is 0.891. The second kappa shape index (κ2) is 3.47. The highest BCUT2D eigenvalue weighted by Crippen LogP contribution is 2.28. The fourth-order valence-corrected chi connectivity index (χ4v) is 1.90. The Morgan fingerprint density at radius 3 is 2.90 bits per heavy atom. The number of Topliss-reactive ketones (excluding diaryl/α,β-unsaturated/α-hetero) is 1. The van der Waals surface area contributed by atoms with Crippen molar-refractivity contribution in [2.45, 2.75) is 25.3 Å². The molecule has 0 bridgehead atoms. The van der Waals surface area contributed by atoms with Crippen LogP contribution in [0.5, 0.6) is 0 Å². The molecular formula is C7H13BOS. The molecule has 2 unspecified atom stereocenters. The molecule has 1 fully saturated rings. The first-order chi connectivity index (χ1) is 4.70. The number of rotatable bonds is 4. The van der Waals surface area contributed by atoms with Gasteiger partial charge in [0.2, 0.25) is 0 Å². The van der Waals surface area contributed by atoms with Crippen LogP contribution >= 0.6 is 11.8 Å². The van der Waals surface area contributed by atoms with Gasteiger partial charge in [-0.3, -0.25) is 4.79 Å². The molecule has 1 heterocycles. The van der Waals surface area contributed by atoms with Crippen molar-refractivity contribution in [3.8, 4) is 0 Å². The molecule has 1 saturated heterocycles.